The van der Waals surface area contributed by atoms with E-state index in [1.165, 1.54) is 0 Å². The fraction of sp³-hybridized carbons (Fsp3) is 0.500. The van der Waals surface area contributed by atoms with Gasteiger partial charge in [-0.15, -0.1) is 0 Å². The quantitative estimate of drug-likeness (QED) is 0.900. The summed E-state index contributed by atoms with van der Waals surface area (Å²) in [5.74, 6) is -0.0128. The first-order valence-corrected chi connectivity index (χ1v) is 6.63. The maximum Gasteiger partial charge on any atom is 0.252 e. The van der Waals surface area contributed by atoms with E-state index in [1.54, 1.807) is 0 Å². The molecule has 1 aromatic carbocycles. The third-order valence-electron chi connectivity index (χ3n) is 2.53. The van der Waals surface area contributed by atoms with Gasteiger partial charge in [-0.05, 0) is 52.4 Å². The molecule has 0 heterocycles. The van der Waals surface area contributed by atoms with Gasteiger partial charge in [-0.1, -0.05) is 26.8 Å². The molecule has 0 spiro atoms. The molecule has 2 nitrogen and oxygen atoms in total. The van der Waals surface area contributed by atoms with E-state index in [2.05, 4.69) is 42.0 Å². The van der Waals surface area contributed by atoms with Gasteiger partial charge in [0.2, 0.25) is 0 Å². The summed E-state index contributed by atoms with van der Waals surface area (Å²) in [5.41, 5.74) is 2.09. The third-order valence-corrected chi connectivity index (χ3v) is 3.19. The van der Waals surface area contributed by atoms with Gasteiger partial charge in [0.25, 0.3) is 5.91 Å². The van der Waals surface area contributed by atoms with Crippen molar-refractivity contribution in [3.05, 3.63) is 33.8 Å². The van der Waals surface area contributed by atoms with Crippen LogP contribution in [-0.2, 0) is 0 Å². The third kappa shape index (κ3) is 4.90. The van der Waals surface area contributed by atoms with Crippen molar-refractivity contribution in [1.82, 2.24) is 5.32 Å². The van der Waals surface area contributed by atoms with Crippen LogP contribution in [0.25, 0.3) is 0 Å². The summed E-state index contributed by atoms with van der Waals surface area (Å²) >= 11 is 3.42. The van der Waals surface area contributed by atoms with Crippen LogP contribution in [0.4, 0.5) is 0 Å². The number of nitrogens with one attached hydrogen (secondary N) is 1. The minimum absolute atomic E-state index is 0.0128. The first-order valence-electron chi connectivity index (χ1n) is 5.84. The van der Waals surface area contributed by atoms with Crippen molar-refractivity contribution in [3.63, 3.8) is 0 Å². The van der Waals surface area contributed by atoms with Gasteiger partial charge in [0.1, 0.15) is 0 Å². The van der Waals surface area contributed by atoms with Crippen molar-refractivity contribution in [2.75, 3.05) is 6.54 Å². The number of hydrogen-bond acceptors (Lipinski definition) is 1. The van der Waals surface area contributed by atoms with E-state index in [0.29, 0.717) is 12.1 Å². The Kier molecular flexibility index (Phi) is 4.75. The van der Waals surface area contributed by atoms with Crippen LogP contribution in [0.2, 0.25) is 0 Å². The maximum atomic E-state index is 11.9. The lowest BCUT2D eigenvalue weighted by molar-refractivity contribution is 0.0949. The Labute approximate surface area is 112 Å². The largest absolute Gasteiger partial charge is 0.352 e. The van der Waals surface area contributed by atoms with Crippen LogP contribution in [0.3, 0.4) is 0 Å². The van der Waals surface area contributed by atoms with Gasteiger partial charge in [-0.2, -0.15) is 0 Å². The lowest BCUT2D eigenvalue weighted by Crippen LogP contribution is -2.27. The zero-order chi connectivity index (χ0) is 13.1. The molecule has 0 unspecified atom stereocenters. The summed E-state index contributed by atoms with van der Waals surface area (Å²) in [5, 5.41) is 2.95. The predicted octanol–water partition coefficient (Wildman–Crippen LogP) is 3.92. The summed E-state index contributed by atoms with van der Waals surface area (Å²) in [4.78, 5) is 11.9. The molecule has 0 saturated carbocycles. The Bertz CT molecular complexity index is 407. The van der Waals surface area contributed by atoms with Crippen LogP contribution in [0.15, 0.2) is 22.7 Å². The lowest BCUT2D eigenvalue weighted by atomic mass is 9.92. The zero-order valence-corrected chi connectivity index (χ0v) is 12.5. The predicted molar refractivity (Wildman–Crippen MR) is 75.3 cm³/mol. The van der Waals surface area contributed by atoms with Gasteiger partial charge in [-0.25, -0.2) is 0 Å². The lowest BCUT2D eigenvalue weighted by Gasteiger charge is -2.18. The molecule has 1 aromatic rings. The molecule has 0 fully saturated rings. The van der Waals surface area contributed by atoms with Crippen molar-refractivity contribution in [2.24, 2.45) is 5.41 Å². The number of hydrogen-bond donors (Lipinski definition) is 1. The molecular formula is C14H20BrNO. The van der Waals surface area contributed by atoms with Crippen LogP contribution >= 0.6 is 15.9 Å². The highest BCUT2D eigenvalue weighted by Crippen LogP contribution is 2.19. The maximum absolute atomic E-state index is 11.9. The fourth-order valence-electron chi connectivity index (χ4n) is 1.45. The summed E-state index contributed by atoms with van der Waals surface area (Å²) in [6.45, 7) is 9.22. The van der Waals surface area contributed by atoms with E-state index in [0.717, 1.165) is 16.5 Å². The molecule has 1 N–H and O–H groups in total. The van der Waals surface area contributed by atoms with Crippen molar-refractivity contribution in [2.45, 2.75) is 34.1 Å². The number of amides is 1. The molecule has 1 amide bonds. The standard InChI is InChI=1S/C14H20BrNO/c1-10-5-6-11(12(15)9-10)13(17)16-8-7-14(2,3)4/h5-6,9H,7-8H2,1-4H3,(H,16,17). The smallest absolute Gasteiger partial charge is 0.252 e. The molecule has 94 valence electrons. The van der Waals surface area contributed by atoms with Gasteiger partial charge in [-0.3, -0.25) is 4.79 Å². The van der Waals surface area contributed by atoms with Crippen LogP contribution in [0, 0.1) is 12.3 Å². The Morgan fingerprint density at radius 2 is 2.00 bits per heavy atom. The number of carbonyl (C=O) groups is 1. The van der Waals surface area contributed by atoms with Crippen LogP contribution in [-0.4, -0.2) is 12.5 Å². The van der Waals surface area contributed by atoms with Gasteiger partial charge < -0.3 is 5.32 Å². The SMILES string of the molecule is Cc1ccc(C(=O)NCCC(C)(C)C)c(Br)c1. The average molecular weight is 298 g/mol. The van der Waals surface area contributed by atoms with E-state index >= 15 is 0 Å². The minimum Gasteiger partial charge on any atom is -0.352 e. The Balaban J connectivity index is 2.59. The topological polar surface area (TPSA) is 29.1 Å². The van der Waals surface area contributed by atoms with E-state index in [9.17, 15) is 4.79 Å². The number of halogens is 1. The highest BCUT2D eigenvalue weighted by molar-refractivity contribution is 9.10. The molecule has 17 heavy (non-hydrogen) atoms. The van der Waals surface area contributed by atoms with Crippen LogP contribution < -0.4 is 5.32 Å². The summed E-state index contributed by atoms with van der Waals surface area (Å²) in [6, 6.07) is 5.76. The molecule has 0 aliphatic rings. The van der Waals surface area contributed by atoms with Crippen LogP contribution in [0.1, 0.15) is 43.1 Å². The monoisotopic (exact) mass is 297 g/mol. The Morgan fingerprint density at radius 1 is 1.35 bits per heavy atom. The molecule has 0 aromatic heterocycles. The van der Waals surface area contributed by atoms with Gasteiger partial charge >= 0.3 is 0 Å². The van der Waals surface area contributed by atoms with Crippen molar-refractivity contribution >= 4 is 21.8 Å². The summed E-state index contributed by atoms with van der Waals surface area (Å²) in [6.07, 6.45) is 0.974. The molecule has 0 radical (unpaired) electrons. The van der Waals surface area contributed by atoms with Gasteiger partial charge in [0.15, 0.2) is 0 Å². The second-order valence-corrected chi connectivity index (χ2v) is 6.40. The first kappa shape index (κ1) is 14.2. The molecule has 1 rings (SSSR count). The second kappa shape index (κ2) is 5.67. The van der Waals surface area contributed by atoms with E-state index in [4.69, 9.17) is 0 Å². The fourth-order valence-corrected chi connectivity index (χ4v) is 2.12. The van der Waals surface area contributed by atoms with Gasteiger partial charge in [0, 0.05) is 11.0 Å². The van der Waals surface area contributed by atoms with E-state index in [1.807, 2.05) is 25.1 Å². The Hall–Kier alpha value is -0.830. The molecule has 0 aliphatic carbocycles. The van der Waals surface area contributed by atoms with Crippen LogP contribution in [0.5, 0.6) is 0 Å². The molecule has 0 bridgehead atoms. The summed E-state index contributed by atoms with van der Waals surface area (Å²) < 4.78 is 0.853. The number of aryl methyl sites for hydroxylation is 1. The molecule has 0 aliphatic heterocycles. The second-order valence-electron chi connectivity index (χ2n) is 5.55. The summed E-state index contributed by atoms with van der Waals surface area (Å²) in [7, 11) is 0. The van der Waals surface area contributed by atoms with E-state index < -0.39 is 0 Å². The number of rotatable bonds is 3. The van der Waals surface area contributed by atoms with E-state index in [-0.39, 0.29) is 11.3 Å². The first-order chi connectivity index (χ1) is 7.79. The highest BCUT2D eigenvalue weighted by atomic mass is 79.9. The van der Waals surface area contributed by atoms with Crippen molar-refractivity contribution in [1.29, 1.82) is 0 Å². The molecular weight excluding hydrogens is 278 g/mol. The normalized spacial score (nSPS) is 11.4. The molecule has 0 atom stereocenters. The minimum atomic E-state index is -0.0128. The zero-order valence-electron chi connectivity index (χ0n) is 10.9. The average Bonchev–Trinajstić information content (AvgIpc) is 2.15. The highest BCUT2D eigenvalue weighted by Gasteiger charge is 2.12. The molecule has 0 saturated heterocycles. The van der Waals surface area contributed by atoms with Crippen molar-refractivity contribution in [3.8, 4) is 0 Å². The molecule has 3 heteroatoms. The number of carbonyl (C=O) groups excluding carboxylic acids is 1. The van der Waals surface area contributed by atoms with Gasteiger partial charge in [0.05, 0.1) is 5.56 Å². The number of benzene rings is 1. The Morgan fingerprint density at radius 3 is 2.53 bits per heavy atom. The van der Waals surface area contributed by atoms with Crippen molar-refractivity contribution < 1.29 is 4.79 Å².